The van der Waals surface area contributed by atoms with E-state index in [0.29, 0.717) is 5.92 Å². The van der Waals surface area contributed by atoms with Crippen LogP contribution in [0.3, 0.4) is 0 Å². The van der Waals surface area contributed by atoms with Crippen molar-refractivity contribution in [3.05, 3.63) is 132 Å². The maximum absolute atomic E-state index is 2.44. The van der Waals surface area contributed by atoms with Crippen LogP contribution >= 0.6 is 0 Å². The first-order chi connectivity index (χ1) is 16.8. The molecule has 6 aromatic rings. The summed E-state index contributed by atoms with van der Waals surface area (Å²) in [6.07, 6.45) is 0. The Labute approximate surface area is 200 Å². The minimum atomic E-state index is 0.410. The highest BCUT2D eigenvalue weighted by Gasteiger charge is 2.26. The smallest absolute Gasteiger partial charge is 0.00735 e. The summed E-state index contributed by atoms with van der Waals surface area (Å²) < 4.78 is 0. The first-order valence-electron chi connectivity index (χ1n) is 12.0. The number of hydrogen-bond donors (Lipinski definition) is 0. The fraction of sp³-hybridized carbons (Fsp3) is 0.0588. The summed E-state index contributed by atoms with van der Waals surface area (Å²) in [6, 6.07) is 44.5. The molecule has 0 N–H and O–H groups in total. The van der Waals surface area contributed by atoms with Crippen LogP contribution in [-0.2, 0) is 0 Å². The lowest BCUT2D eigenvalue weighted by molar-refractivity contribution is 0.957. The largest absolute Gasteiger partial charge is 0.0622 e. The van der Waals surface area contributed by atoms with E-state index in [1.165, 1.54) is 66.1 Å². The highest BCUT2D eigenvalue weighted by molar-refractivity contribution is 6.21. The Hall–Kier alpha value is -4.16. The van der Waals surface area contributed by atoms with Gasteiger partial charge in [-0.2, -0.15) is 0 Å². The summed E-state index contributed by atoms with van der Waals surface area (Å²) in [5.41, 5.74) is 10.8. The van der Waals surface area contributed by atoms with E-state index in [0.717, 1.165) is 0 Å². The van der Waals surface area contributed by atoms with Gasteiger partial charge in [0.15, 0.2) is 0 Å². The minimum Gasteiger partial charge on any atom is -0.0622 e. The van der Waals surface area contributed by atoms with Crippen LogP contribution in [-0.4, -0.2) is 0 Å². The molecule has 6 aromatic carbocycles. The van der Waals surface area contributed by atoms with Crippen molar-refractivity contribution in [1.29, 1.82) is 0 Å². The van der Waals surface area contributed by atoms with Crippen LogP contribution in [0.25, 0.3) is 54.9 Å². The standard InChI is InChI=1S/C34H24/c1-22-25-13-5-6-14-26(25)27-20-19-24(21-32(22)27)34-30-17-9-7-15-28(30)33(23-11-3-2-4-12-23)29-16-8-10-18-31(29)34/h2-22H,1H3. The van der Waals surface area contributed by atoms with Gasteiger partial charge in [0.1, 0.15) is 0 Å². The third kappa shape index (κ3) is 2.72. The summed E-state index contributed by atoms with van der Waals surface area (Å²) in [4.78, 5) is 0. The first kappa shape index (κ1) is 19.3. The van der Waals surface area contributed by atoms with Gasteiger partial charge in [0.05, 0.1) is 0 Å². The minimum absolute atomic E-state index is 0.410. The summed E-state index contributed by atoms with van der Waals surface area (Å²) in [6.45, 7) is 2.34. The maximum atomic E-state index is 2.44. The van der Waals surface area contributed by atoms with Crippen molar-refractivity contribution in [3.8, 4) is 33.4 Å². The van der Waals surface area contributed by atoms with Gasteiger partial charge in [0, 0.05) is 5.92 Å². The molecule has 0 amide bonds. The predicted octanol–water partition coefficient (Wildman–Crippen LogP) is 9.46. The normalized spacial score (nSPS) is 14.3. The van der Waals surface area contributed by atoms with Crippen LogP contribution in [0.4, 0.5) is 0 Å². The molecule has 1 aliphatic carbocycles. The van der Waals surface area contributed by atoms with Crippen LogP contribution < -0.4 is 0 Å². The van der Waals surface area contributed by atoms with E-state index in [1.54, 1.807) is 0 Å². The predicted molar refractivity (Wildman–Crippen MR) is 145 cm³/mol. The van der Waals surface area contributed by atoms with E-state index in [4.69, 9.17) is 0 Å². The van der Waals surface area contributed by atoms with Crippen molar-refractivity contribution >= 4 is 21.5 Å². The van der Waals surface area contributed by atoms with E-state index >= 15 is 0 Å². The first-order valence-corrected chi connectivity index (χ1v) is 12.0. The monoisotopic (exact) mass is 432 g/mol. The van der Waals surface area contributed by atoms with Crippen LogP contribution in [0.5, 0.6) is 0 Å². The molecule has 160 valence electrons. The Morgan fingerprint density at radius 1 is 0.412 bits per heavy atom. The fourth-order valence-corrected chi connectivity index (χ4v) is 5.96. The second kappa shape index (κ2) is 7.43. The fourth-order valence-electron chi connectivity index (χ4n) is 5.96. The highest BCUT2D eigenvalue weighted by atomic mass is 14.3. The average Bonchev–Trinajstić information content (AvgIpc) is 3.19. The van der Waals surface area contributed by atoms with Crippen molar-refractivity contribution in [2.45, 2.75) is 12.8 Å². The van der Waals surface area contributed by atoms with Crippen LogP contribution in [0, 0.1) is 0 Å². The highest BCUT2D eigenvalue weighted by Crippen LogP contribution is 2.48. The second-order valence-electron chi connectivity index (χ2n) is 9.32. The molecule has 0 fully saturated rings. The molecular weight excluding hydrogens is 408 g/mol. The summed E-state index contributed by atoms with van der Waals surface area (Å²) in [5.74, 6) is 0.410. The topological polar surface area (TPSA) is 0 Å². The molecule has 1 aliphatic rings. The van der Waals surface area contributed by atoms with Gasteiger partial charge in [-0.25, -0.2) is 0 Å². The Balaban J connectivity index is 1.56. The van der Waals surface area contributed by atoms with Crippen molar-refractivity contribution in [2.24, 2.45) is 0 Å². The zero-order valence-corrected chi connectivity index (χ0v) is 19.1. The molecule has 1 atom stereocenters. The van der Waals surface area contributed by atoms with Crippen LogP contribution in [0.15, 0.2) is 121 Å². The second-order valence-corrected chi connectivity index (χ2v) is 9.32. The molecule has 0 saturated carbocycles. The lowest BCUT2D eigenvalue weighted by atomic mass is 9.85. The van der Waals surface area contributed by atoms with Gasteiger partial charge in [0.2, 0.25) is 0 Å². The molecule has 0 heterocycles. The molecule has 0 aliphatic heterocycles. The van der Waals surface area contributed by atoms with Gasteiger partial charge >= 0.3 is 0 Å². The zero-order valence-electron chi connectivity index (χ0n) is 19.1. The Kier molecular flexibility index (Phi) is 4.22. The molecule has 34 heavy (non-hydrogen) atoms. The third-order valence-corrected chi connectivity index (χ3v) is 7.52. The van der Waals surface area contributed by atoms with Gasteiger partial charge in [-0.05, 0) is 72.1 Å². The quantitative estimate of drug-likeness (QED) is 0.239. The molecule has 0 bridgehead atoms. The molecule has 1 unspecified atom stereocenters. The number of fused-ring (bicyclic) bond motifs is 5. The third-order valence-electron chi connectivity index (χ3n) is 7.52. The van der Waals surface area contributed by atoms with Gasteiger partial charge in [-0.1, -0.05) is 122 Å². The number of hydrogen-bond acceptors (Lipinski definition) is 0. The summed E-state index contributed by atoms with van der Waals surface area (Å²) in [7, 11) is 0. The number of rotatable bonds is 2. The van der Waals surface area contributed by atoms with Crippen molar-refractivity contribution in [2.75, 3.05) is 0 Å². The Bertz CT molecular complexity index is 1650. The molecule has 0 spiro atoms. The maximum Gasteiger partial charge on any atom is 0.00735 e. The average molecular weight is 433 g/mol. The number of benzene rings is 6. The summed E-state index contributed by atoms with van der Waals surface area (Å²) >= 11 is 0. The van der Waals surface area contributed by atoms with Crippen molar-refractivity contribution < 1.29 is 0 Å². The van der Waals surface area contributed by atoms with Crippen molar-refractivity contribution in [1.82, 2.24) is 0 Å². The SMILES string of the molecule is CC1c2ccccc2-c2ccc(-c3c4ccccc4c(-c4ccccc4)c4ccccc34)cc21. The summed E-state index contributed by atoms with van der Waals surface area (Å²) in [5, 5.41) is 5.23. The van der Waals surface area contributed by atoms with E-state index in [9.17, 15) is 0 Å². The molecule has 0 nitrogen and oxygen atoms in total. The van der Waals surface area contributed by atoms with Gasteiger partial charge < -0.3 is 0 Å². The lowest BCUT2D eigenvalue weighted by Crippen LogP contribution is -1.93. The van der Waals surface area contributed by atoms with Gasteiger partial charge in [-0.15, -0.1) is 0 Å². The molecule has 0 saturated heterocycles. The van der Waals surface area contributed by atoms with E-state index in [1.807, 2.05) is 0 Å². The lowest BCUT2D eigenvalue weighted by Gasteiger charge is -2.18. The van der Waals surface area contributed by atoms with Crippen LogP contribution in [0.1, 0.15) is 24.0 Å². The zero-order chi connectivity index (χ0) is 22.6. The van der Waals surface area contributed by atoms with Crippen molar-refractivity contribution in [3.63, 3.8) is 0 Å². The molecule has 7 rings (SSSR count). The molecular formula is C34H24. The van der Waals surface area contributed by atoms with E-state index in [2.05, 4.69) is 128 Å². The Morgan fingerprint density at radius 2 is 0.912 bits per heavy atom. The van der Waals surface area contributed by atoms with Gasteiger partial charge in [0.25, 0.3) is 0 Å². The van der Waals surface area contributed by atoms with Gasteiger partial charge in [-0.3, -0.25) is 0 Å². The van der Waals surface area contributed by atoms with E-state index in [-0.39, 0.29) is 0 Å². The molecule has 0 aromatic heterocycles. The molecule has 0 radical (unpaired) electrons. The van der Waals surface area contributed by atoms with E-state index < -0.39 is 0 Å². The van der Waals surface area contributed by atoms with Crippen LogP contribution in [0.2, 0.25) is 0 Å². The molecule has 0 heteroatoms. The Morgan fingerprint density at radius 3 is 1.56 bits per heavy atom.